The molecule has 0 saturated carbocycles. The number of hydrogen-bond donors (Lipinski definition) is 4. The molecule has 1 aromatic rings. The van der Waals surface area contributed by atoms with Gasteiger partial charge in [0.1, 0.15) is 0 Å². The summed E-state index contributed by atoms with van der Waals surface area (Å²) in [6.07, 6.45) is 3.90. The van der Waals surface area contributed by atoms with E-state index in [4.69, 9.17) is 0 Å². The third-order valence-corrected chi connectivity index (χ3v) is 3.76. The van der Waals surface area contributed by atoms with Gasteiger partial charge in [0.25, 0.3) is 0 Å². The Kier molecular flexibility index (Phi) is 4.75. The molecule has 20 heavy (non-hydrogen) atoms. The van der Waals surface area contributed by atoms with Gasteiger partial charge in [-0.25, -0.2) is 9.78 Å². The minimum absolute atomic E-state index is 0.385. The Labute approximate surface area is 118 Å². The van der Waals surface area contributed by atoms with Crippen LogP contribution in [0.25, 0.3) is 0 Å². The van der Waals surface area contributed by atoms with Crippen molar-refractivity contribution >= 4 is 12.0 Å². The van der Waals surface area contributed by atoms with Gasteiger partial charge in [-0.1, -0.05) is 0 Å². The van der Waals surface area contributed by atoms with Crippen LogP contribution in [0.2, 0.25) is 0 Å². The number of aliphatic carboxylic acids is 1. The van der Waals surface area contributed by atoms with Crippen molar-refractivity contribution in [2.45, 2.75) is 39.7 Å². The molecule has 0 unspecified atom stereocenters. The van der Waals surface area contributed by atoms with Gasteiger partial charge in [-0.05, 0) is 27.7 Å². The maximum Gasteiger partial charge on any atom is 0.315 e. The molecule has 0 bridgehead atoms. The summed E-state index contributed by atoms with van der Waals surface area (Å²) in [6, 6.07) is -0.385. The highest BCUT2D eigenvalue weighted by Crippen LogP contribution is 2.30. The SMILES string of the molecule is CC(C)(NC(=O)NCCc1cnc[nH]1)C(C)(C)C(=O)O. The Hall–Kier alpha value is -2.05. The lowest BCUT2D eigenvalue weighted by Gasteiger charge is -2.38. The lowest BCUT2D eigenvalue weighted by molar-refractivity contribution is -0.150. The number of nitrogens with one attached hydrogen (secondary N) is 3. The Balaban J connectivity index is 2.47. The summed E-state index contributed by atoms with van der Waals surface area (Å²) in [5.41, 5.74) is -1.03. The number of aromatic amines is 1. The lowest BCUT2D eigenvalue weighted by Crippen LogP contribution is -2.59. The molecule has 0 aliphatic heterocycles. The van der Waals surface area contributed by atoms with E-state index >= 15 is 0 Å². The van der Waals surface area contributed by atoms with E-state index in [1.165, 1.54) is 0 Å². The smallest absolute Gasteiger partial charge is 0.315 e. The minimum Gasteiger partial charge on any atom is -0.481 e. The van der Waals surface area contributed by atoms with Crippen molar-refractivity contribution in [2.24, 2.45) is 5.41 Å². The van der Waals surface area contributed by atoms with Gasteiger partial charge >= 0.3 is 12.0 Å². The normalized spacial score (nSPS) is 12.0. The second-order valence-electron chi connectivity index (χ2n) is 5.76. The molecule has 4 N–H and O–H groups in total. The molecule has 0 spiro atoms. The van der Waals surface area contributed by atoms with E-state index in [0.717, 1.165) is 5.69 Å². The molecule has 0 aromatic carbocycles. The van der Waals surface area contributed by atoms with E-state index in [1.54, 1.807) is 40.2 Å². The number of nitrogens with zero attached hydrogens (tertiary/aromatic N) is 1. The molecule has 2 amide bonds. The van der Waals surface area contributed by atoms with E-state index in [9.17, 15) is 14.7 Å². The molecular formula is C13H22N4O3. The Morgan fingerprint density at radius 2 is 2.00 bits per heavy atom. The van der Waals surface area contributed by atoms with Crippen molar-refractivity contribution in [3.8, 4) is 0 Å². The molecule has 0 radical (unpaired) electrons. The number of imidazole rings is 1. The topological polar surface area (TPSA) is 107 Å². The molecule has 0 fully saturated rings. The van der Waals surface area contributed by atoms with Gasteiger partial charge in [0, 0.05) is 24.9 Å². The van der Waals surface area contributed by atoms with E-state index in [0.29, 0.717) is 13.0 Å². The summed E-state index contributed by atoms with van der Waals surface area (Å²) < 4.78 is 0. The number of rotatable bonds is 6. The molecule has 1 rings (SSSR count). The van der Waals surface area contributed by atoms with Crippen molar-refractivity contribution in [1.82, 2.24) is 20.6 Å². The highest BCUT2D eigenvalue weighted by Gasteiger charge is 2.44. The summed E-state index contributed by atoms with van der Waals surface area (Å²) >= 11 is 0. The molecule has 1 heterocycles. The van der Waals surface area contributed by atoms with Gasteiger partial charge in [0.2, 0.25) is 0 Å². The van der Waals surface area contributed by atoms with Crippen LogP contribution in [-0.4, -0.2) is 39.2 Å². The first-order valence-corrected chi connectivity index (χ1v) is 6.43. The number of aromatic nitrogens is 2. The molecule has 7 nitrogen and oxygen atoms in total. The fourth-order valence-corrected chi connectivity index (χ4v) is 1.48. The molecule has 0 saturated heterocycles. The van der Waals surface area contributed by atoms with Gasteiger partial charge in [-0.2, -0.15) is 0 Å². The number of carbonyl (C=O) groups excluding carboxylic acids is 1. The van der Waals surface area contributed by atoms with Crippen molar-refractivity contribution in [3.05, 3.63) is 18.2 Å². The molecule has 112 valence electrons. The van der Waals surface area contributed by atoms with E-state index in [2.05, 4.69) is 20.6 Å². The van der Waals surface area contributed by atoms with Crippen LogP contribution in [0.3, 0.4) is 0 Å². The first-order valence-electron chi connectivity index (χ1n) is 6.43. The standard InChI is InChI=1S/C13H22N4O3/c1-12(2,10(18)19)13(3,4)17-11(20)15-6-5-9-7-14-8-16-9/h7-8H,5-6H2,1-4H3,(H,14,16)(H,18,19)(H2,15,17,20). The fraction of sp³-hybridized carbons (Fsp3) is 0.615. The highest BCUT2D eigenvalue weighted by molar-refractivity contribution is 5.79. The molecule has 7 heteroatoms. The number of carboxylic acid groups (broad SMARTS) is 1. The third-order valence-electron chi connectivity index (χ3n) is 3.76. The summed E-state index contributed by atoms with van der Waals surface area (Å²) in [5, 5.41) is 14.6. The van der Waals surface area contributed by atoms with Crippen molar-refractivity contribution in [2.75, 3.05) is 6.54 Å². The molecular weight excluding hydrogens is 260 g/mol. The van der Waals surface area contributed by atoms with Crippen LogP contribution in [0.15, 0.2) is 12.5 Å². The lowest BCUT2D eigenvalue weighted by atomic mass is 9.74. The van der Waals surface area contributed by atoms with Crippen molar-refractivity contribution in [3.63, 3.8) is 0 Å². The van der Waals surface area contributed by atoms with Gasteiger partial charge in [-0.15, -0.1) is 0 Å². The average molecular weight is 282 g/mol. The Bertz CT molecular complexity index is 466. The summed E-state index contributed by atoms with van der Waals surface area (Å²) in [7, 11) is 0. The van der Waals surface area contributed by atoms with Gasteiger partial charge < -0.3 is 20.7 Å². The second-order valence-corrected chi connectivity index (χ2v) is 5.76. The predicted octanol–water partition coefficient (Wildman–Crippen LogP) is 1.14. The minimum atomic E-state index is -1.08. The maximum atomic E-state index is 11.8. The summed E-state index contributed by atoms with van der Waals surface area (Å²) in [5.74, 6) is -0.958. The maximum absolute atomic E-state index is 11.8. The van der Waals surface area contributed by atoms with E-state index in [1.807, 2.05) is 0 Å². The average Bonchev–Trinajstić information content (AvgIpc) is 2.80. The van der Waals surface area contributed by atoms with Gasteiger partial charge in [-0.3, -0.25) is 4.79 Å². The van der Waals surface area contributed by atoms with Crippen LogP contribution < -0.4 is 10.6 Å². The first kappa shape index (κ1) is 16.0. The predicted molar refractivity (Wildman–Crippen MR) is 74.3 cm³/mol. The molecule has 1 aromatic heterocycles. The number of amides is 2. The van der Waals surface area contributed by atoms with Crippen LogP contribution >= 0.6 is 0 Å². The molecule has 0 aliphatic carbocycles. The second kappa shape index (κ2) is 5.94. The Morgan fingerprint density at radius 3 is 2.50 bits per heavy atom. The highest BCUT2D eigenvalue weighted by atomic mass is 16.4. The van der Waals surface area contributed by atoms with Gasteiger partial charge in [0.05, 0.1) is 17.3 Å². The van der Waals surface area contributed by atoms with Crippen molar-refractivity contribution < 1.29 is 14.7 Å². The van der Waals surface area contributed by atoms with Crippen LogP contribution in [0.1, 0.15) is 33.4 Å². The van der Waals surface area contributed by atoms with Crippen LogP contribution in [0, 0.1) is 5.41 Å². The van der Waals surface area contributed by atoms with Gasteiger partial charge in [0.15, 0.2) is 0 Å². The Morgan fingerprint density at radius 1 is 1.35 bits per heavy atom. The third kappa shape index (κ3) is 3.72. The van der Waals surface area contributed by atoms with Crippen molar-refractivity contribution in [1.29, 1.82) is 0 Å². The van der Waals surface area contributed by atoms with E-state index in [-0.39, 0.29) is 6.03 Å². The zero-order valence-corrected chi connectivity index (χ0v) is 12.3. The molecule has 0 aliphatic rings. The number of hydrogen-bond acceptors (Lipinski definition) is 3. The first-order chi connectivity index (χ1) is 9.17. The number of carboxylic acids is 1. The van der Waals surface area contributed by atoms with Crippen LogP contribution in [-0.2, 0) is 11.2 Å². The van der Waals surface area contributed by atoms with Crippen LogP contribution in [0.4, 0.5) is 4.79 Å². The number of H-pyrrole nitrogens is 1. The fourth-order valence-electron chi connectivity index (χ4n) is 1.48. The zero-order valence-electron chi connectivity index (χ0n) is 12.3. The number of urea groups is 1. The van der Waals surface area contributed by atoms with Crippen LogP contribution in [0.5, 0.6) is 0 Å². The van der Waals surface area contributed by atoms with E-state index < -0.39 is 16.9 Å². The largest absolute Gasteiger partial charge is 0.481 e. The zero-order chi connectivity index (χ0) is 15.4. The summed E-state index contributed by atoms with van der Waals surface area (Å²) in [4.78, 5) is 29.9. The monoisotopic (exact) mass is 282 g/mol. The quantitative estimate of drug-likeness (QED) is 0.627. The summed E-state index contributed by atoms with van der Waals surface area (Å²) in [6.45, 7) is 6.99. The number of carbonyl (C=O) groups is 2. The molecule has 0 atom stereocenters.